The predicted octanol–water partition coefficient (Wildman–Crippen LogP) is -0.283. The fourth-order valence-electron chi connectivity index (χ4n) is 1.53. The second-order valence-corrected chi connectivity index (χ2v) is 3.02. The third-order valence-corrected chi connectivity index (χ3v) is 2.10. The standard InChI is InChI=1S/C7H11N3O/c8-4-1-6-5(3-9-10-6)7(11)2-4/h3-4,7,11H,1-2,8H2,(H,9,10). The molecule has 0 bridgehead atoms. The average Bonchev–Trinajstić information content (AvgIpc) is 2.34. The molecule has 2 unspecified atom stereocenters. The molecule has 0 radical (unpaired) electrons. The quantitative estimate of drug-likeness (QED) is 0.479. The van der Waals surface area contributed by atoms with Gasteiger partial charge in [-0.1, -0.05) is 0 Å². The van der Waals surface area contributed by atoms with Crippen molar-refractivity contribution in [1.82, 2.24) is 10.2 Å². The minimum absolute atomic E-state index is 0.0675. The van der Waals surface area contributed by atoms with Crippen molar-refractivity contribution >= 4 is 0 Å². The molecule has 4 heteroatoms. The molecule has 0 fully saturated rings. The fraction of sp³-hybridized carbons (Fsp3) is 0.571. The van der Waals surface area contributed by atoms with E-state index < -0.39 is 6.10 Å². The van der Waals surface area contributed by atoms with Gasteiger partial charge in [0.05, 0.1) is 12.3 Å². The third-order valence-electron chi connectivity index (χ3n) is 2.10. The molecule has 11 heavy (non-hydrogen) atoms. The Morgan fingerprint density at radius 3 is 3.36 bits per heavy atom. The maximum atomic E-state index is 9.48. The number of rotatable bonds is 0. The minimum Gasteiger partial charge on any atom is -0.388 e. The average molecular weight is 153 g/mol. The molecule has 1 aromatic rings. The molecule has 0 aliphatic heterocycles. The van der Waals surface area contributed by atoms with Crippen molar-refractivity contribution < 1.29 is 5.11 Å². The number of nitrogens with two attached hydrogens (primary N) is 1. The van der Waals surface area contributed by atoms with Gasteiger partial charge < -0.3 is 10.8 Å². The number of nitrogens with one attached hydrogen (secondary N) is 1. The highest BCUT2D eigenvalue weighted by Crippen LogP contribution is 2.26. The maximum Gasteiger partial charge on any atom is 0.0838 e. The molecule has 2 atom stereocenters. The largest absolute Gasteiger partial charge is 0.388 e. The van der Waals surface area contributed by atoms with Crippen LogP contribution >= 0.6 is 0 Å². The second-order valence-electron chi connectivity index (χ2n) is 3.02. The van der Waals surface area contributed by atoms with E-state index in [0.29, 0.717) is 6.42 Å². The number of aliphatic hydroxyl groups excluding tert-OH is 1. The van der Waals surface area contributed by atoms with Gasteiger partial charge in [-0.15, -0.1) is 0 Å². The highest BCUT2D eigenvalue weighted by molar-refractivity contribution is 5.23. The number of fused-ring (bicyclic) bond motifs is 1. The summed E-state index contributed by atoms with van der Waals surface area (Å²) in [7, 11) is 0. The van der Waals surface area contributed by atoms with Crippen molar-refractivity contribution in [2.75, 3.05) is 0 Å². The third kappa shape index (κ3) is 1.04. The molecule has 1 heterocycles. The van der Waals surface area contributed by atoms with Crippen molar-refractivity contribution in [3.63, 3.8) is 0 Å². The summed E-state index contributed by atoms with van der Waals surface area (Å²) in [5.41, 5.74) is 7.58. The normalized spacial score (nSPS) is 30.0. The number of hydrogen-bond acceptors (Lipinski definition) is 3. The summed E-state index contributed by atoms with van der Waals surface area (Å²) in [6.07, 6.45) is 2.69. The van der Waals surface area contributed by atoms with Gasteiger partial charge >= 0.3 is 0 Å². The first-order valence-electron chi connectivity index (χ1n) is 3.73. The van der Waals surface area contributed by atoms with Crippen molar-refractivity contribution in [1.29, 1.82) is 0 Å². The summed E-state index contributed by atoms with van der Waals surface area (Å²) in [4.78, 5) is 0. The molecule has 4 nitrogen and oxygen atoms in total. The first kappa shape index (κ1) is 6.82. The summed E-state index contributed by atoms with van der Waals surface area (Å²) in [5, 5.41) is 16.2. The fourth-order valence-corrected chi connectivity index (χ4v) is 1.53. The Labute approximate surface area is 64.4 Å². The Morgan fingerprint density at radius 1 is 1.73 bits per heavy atom. The lowest BCUT2D eigenvalue weighted by Gasteiger charge is -2.21. The maximum absolute atomic E-state index is 9.48. The zero-order valence-electron chi connectivity index (χ0n) is 6.12. The Balaban J connectivity index is 2.36. The zero-order valence-corrected chi connectivity index (χ0v) is 6.12. The molecule has 0 amide bonds. The molecule has 60 valence electrons. The second kappa shape index (κ2) is 2.32. The number of hydrogen-bond donors (Lipinski definition) is 3. The van der Waals surface area contributed by atoms with E-state index in [1.54, 1.807) is 6.20 Å². The summed E-state index contributed by atoms with van der Waals surface area (Å²) in [6.45, 7) is 0. The summed E-state index contributed by atoms with van der Waals surface area (Å²) in [6, 6.07) is 0.0675. The molecule has 1 aromatic heterocycles. The van der Waals surface area contributed by atoms with E-state index in [1.807, 2.05) is 0 Å². The van der Waals surface area contributed by atoms with Crippen LogP contribution in [0.1, 0.15) is 23.8 Å². The Morgan fingerprint density at radius 2 is 2.55 bits per heavy atom. The lowest BCUT2D eigenvalue weighted by molar-refractivity contribution is 0.148. The van der Waals surface area contributed by atoms with Gasteiger partial charge in [0, 0.05) is 23.7 Å². The van der Waals surface area contributed by atoms with Gasteiger partial charge in [-0.3, -0.25) is 5.10 Å². The van der Waals surface area contributed by atoms with E-state index in [2.05, 4.69) is 10.2 Å². The Bertz CT molecular complexity index is 258. The lowest BCUT2D eigenvalue weighted by Crippen LogP contribution is -2.30. The van der Waals surface area contributed by atoms with Gasteiger partial charge in [0.2, 0.25) is 0 Å². The molecule has 1 aliphatic rings. The molecule has 0 saturated heterocycles. The van der Waals surface area contributed by atoms with E-state index in [4.69, 9.17) is 5.73 Å². The Kier molecular flexibility index (Phi) is 1.44. The van der Waals surface area contributed by atoms with Crippen molar-refractivity contribution in [3.8, 4) is 0 Å². The van der Waals surface area contributed by atoms with Gasteiger partial charge in [0.15, 0.2) is 0 Å². The van der Waals surface area contributed by atoms with Gasteiger partial charge in [0.1, 0.15) is 0 Å². The number of aromatic amines is 1. The van der Waals surface area contributed by atoms with Crippen LogP contribution in [0.4, 0.5) is 0 Å². The van der Waals surface area contributed by atoms with E-state index >= 15 is 0 Å². The van der Waals surface area contributed by atoms with Crippen LogP contribution in [0, 0.1) is 0 Å². The number of H-pyrrole nitrogens is 1. The first-order valence-corrected chi connectivity index (χ1v) is 3.73. The van der Waals surface area contributed by atoms with E-state index in [-0.39, 0.29) is 6.04 Å². The smallest absolute Gasteiger partial charge is 0.0838 e. The van der Waals surface area contributed by atoms with Gasteiger partial charge in [-0.05, 0) is 6.42 Å². The van der Waals surface area contributed by atoms with Crippen LogP contribution in [-0.4, -0.2) is 21.3 Å². The predicted molar refractivity (Wildman–Crippen MR) is 39.8 cm³/mol. The Hall–Kier alpha value is -0.870. The molecular formula is C7H11N3O. The van der Waals surface area contributed by atoms with Crippen LogP contribution in [0.5, 0.6) is 0 Å². The topological polar surface area (TPSA) is 74.9 Å². The highest BCUT2D eigenvalue weighted by atomic mass is 16.3. The molecule has 0 aromatic carbocycles. The van der Waals surface area contributed by atoms with Crippen LogP contribution in [-0.2, 0) is 6.42 Å². The number of aliphatic hydroxyl groups is 1. The van der Waals surface area contributed by atoms with Crippen LogP contribution < -0.4 is 5.73 Å². The summed E-state index contributed by atoms with van der Waals surface area (Å²) in [5.74, 6) is 0. The minimum atomic E-state index is -0.424. The molecule has 4 N–H and O–H groups in total. The molecule has 2 rings (SSSR count). The lowest BCUT2D eigenvalue weighted by atomic mass is 9.92. The van der Waals surface area contributed by atoms with Crippen LogP contribution in [0.2, 0.25) is 0 Å². The summed E-state index contributed by atoms with van der Waals surface area (Å²) >= 11 is 0. The number of aromatic nitrogens is 2. The monoisotopic (exact) mass is 153 g/mol. The van der Waals surface area contributed by atoms with Gasteiger partial charge in [0.25, 0.3) is 0 Å². The van der Waals surface area contributed by atoms with E-state index in [1.165, 1.54) is 0 Å². The van der Waals surface area contributed by atoms with Crippen LogP contribution in [0.15, 0.2) is 6.20 Å². The van der Waals surface area contributed by atoms with Crippen LogP contribution in [0.25, 0.3) is 0 Å². The molecule has 0 saturated carbocycles. The number of nitrogens with zero attached hydrogens (tertiary/aromatic N) is 1. The first-order chi connectivity index (χ1) is 5.27. The zero-order chi connectivity index (χ0) is 7.84. The van der Waals surface area contributed by atoms with Gasteiger partial charge in [-0.25, -0.2) is 0 Å². The van der Waals surface area contributed by atoms with Crippen molar-refractivity contribution in [3.05, 3.63) is 17.5 Å². The highest BCUT2D eigenvalue weighted by Gasteiger charge is 2.24. The molecular weight excluding hydrogens is 142 g/mol. The van der Waals surface area contributed by atoms with Crippen LogP contribution in [0.3, 0.4) is 0 Å². The SMILES string of the molecule is NC1Cc2[nH]ncc2C(O)C1. The molecule has 0 spiro atoms. The molecule has 1 aliphatic carbocycles. The van der Waals surface area contributed by atoms with Gasteiger partial charge in [-0.2, -0.15) is 5.10 Å². The van der Waals surface area contributed by atoms with E-state index in [0.717, 1.165) is 17.7 Å². The van der Waals surface area contributed by atoms with Crippen molar-refractivity contribution in [2.45, 2.75) is 25.0 Å². The van der Waals surface area contributed by atoms with Crippen molar-refractivity contribution in [2.24, 2.45) is 5.73 Å². The van der Waals surface area contributed by atoms with E-state index in [9.17, 15) is 5.11 Å². The summed E-state index contributed by atoms with van der Waals surface area (Å²) < 4.78 is 0.